The Morgan fingerprint density at radius 3 is 2.60 bits per heavy atom. The number of aromatic nitrogens is 2. The van der Waals surface area contributed by atoms with Gasteiger partial charge in [0.25, 0.3) is 0 Å². The SMILES string of the molecule is Cc1ccc(F)c(-c2ccc(Cl)nn2)c1. The van der Waals surface area contributed by atoms with Gasteiger partial charge in [-0.1, -0.05) is 23.2 Å². The van der Waals surface area contributed by atoms with Gasteiger partial charge in [0.2, 0.25) is 0 Å². The van der Waals surface area contributed by atoms with Gasteiger partial charge in [0.15, 0.2) is 5.15 Å². The number of halogens is 2. The van der Waals surface area contributed by atoms with Gasteiger partial charge in [-0.3, -0.25) is 0 Å². The van der Waals surface area contributed by atoms with Crippen molar-refractivity contribution in [3.8, 4) is 11.3 Å². The van der Waals surface area contributed by atoms with Crippen LogP contribution in [0.3, 0.4) is 0 Å². The second-order valence-corrected chi connectivity index (χ2v) is 3.61. The van der Waals surface area contributed by atoms with Gasteiger partial charge in [-0.05, 0) is 31.2 Å². The molecule has 0 spiro atoms. The zero-order chi connectivity index (χ0) is 10.8. The molecule has 0 unspecified atom stereocenters. The summed E-state index contributed by atoms with van der Waals surface area (Å²) in [5.74, 6) is -0.308. The first kappa shape index (κ1) is 10.1. The highest BCUT2D eigenvalue weighted by atomic mass is 35.5. The molecule has 2 rings (SSSR count). The molecule has 0 fully saturated rings. The van der Waals surface area contributed by atoms with Crippen LogP contribution >= 0.6 is 11.6 Å². The highest BCUT2D eigenvalue weighted by molar-refractivity contribution is 6.29. The van der Waals surface area contributed by atoms with Crippen LogP contribution in [0.1, 0.15) is 5.56 Å². The number of hydrogen-bond acceptors (Lipinski definition) is 2. The van der Waals surface area contributed by atoms with E-state index in [9.17, 15) is 4.39 Å². The minimum Gasteiger partial charge on any atom is -0.206 e. The molecule has 1 aromatic heterocycles. The number of hydrogen-bond donors (Lipinski definition) is 0. The first-order chi connectivity index (χ1) is 7.16. The molecule has 4 heteroatoms. The van der Waals surface area contributed by atoms with E-state index in [-0.39, 0.29) is 5.82 Å². The van der Waals surface area contributed by atoms with Gasteiger partial charge in [0, 0.05) is 5.56 Å². The third-order valence-electron chi connectivity index (χ3n) is 2.03. The van der Waals surface area contributed by atoms with E-state index in [4.69, 9.17) is 11.6 Å². The second kappa shape index (κ2) is 3.95. The van der Waals surface area contributed by atoms with Gasteiger partial charge in [0.05, 0.1) is 5.69 Å². The van der Waals surface area contributed by atoms with Crippen LogP contribution in [0.2, 0.25) is 5.15 Å². The van der Waals surface area contributed by atoms with Crippen LogP contribution in [0.5, 0.6) is 0 Å². The third kappa shape index (κ3) is 2.13. The number of aryl methyl sites for hydroxylation is 1. The van der Waals surface area contributed by atoms with Gasteiger partial charge in [0.1, 0.15) is 5.82 Å². The summed E-state index contributed by atoms with van der Waals surface area (Å²) in [5, 5.41) is 7.80. The lowest BCUT2D eigenvalue weighted by atomic mass is 10.1. The van der Waals surface area contributed by atoms with Crippen LogP contribution in [0.15, 0.2) is 30.3 Å². The van der Waals surface area contributed by atoms with E-state index in [0.717, 1.165) is 5.56 Å². The molecular formula is C11H8ClFN2. The van der Waals surface area contributed by atoms with Crippen LogP contribution in [-0.4, -0.2) is 10.2 Å². The third-order valence-corrected chi connectivity index (χ3v) is 2.23. The van der Waals surface area contributed by atoms with Gasteiger partial charge >= 0.3 is 0 Å². The fourth-order valence-corrected chi connectivity index (χ4v) is 1.40. The van der Waals surface area contributed by atoms with E-state index >= 15 is 0 Å². The molecule has 0 aliphatic carbocycles. The summed E-state index contributed by atoms with van der Waals surface area (Å²) < 4.78 is 13.5. The molecular weight excluding hydrogens is 215 g/mol. The Morgan fingerprint density at radius 2 is 1.93 bits per heavy atom. The molecule has 1 aromatic carbocycles. The topological polar surface area (TPSA) is 25.8 Å². The van der Waals surface area contributed by atoms with E-state index in [1.54, 1.807) is 24.3 Å². The van der Waals surface area contributed by atoms with Crippen molar-refractivity contribution < 1.29 is 4.39 Å². The molecule has 0 saturated heterocycles. The summed E-state index contributed by atoms with van der Waals surface area (Å²) in [5.41, 5.74) is 1.91. The lowest BCUT2D eigenvalue weighted by Gasteiger charge is -2.02. The van der Waals surface area contributed by atoms with Crippen LogP contribution in [0, 0.1) is 12.7 Å². The maximum atomic E-state index is 13.5. The summed E-state index contributed by atoms with van der Waals surface area (Å²) >= 11 is 5.60. The molecule has 15 heavy (non-hydrogen) atoms. The Kier molecular flexibility index (Phi) is 2.64. The van der Waals surface area contributed by atoms with Gasteiger partial charge < -0.3 is 0 Å². The Morgan fingerprint density at radius 1 is 1.13 bits per heavy atom. The van der Waals surface area contributed by atoms with Crippen LogP contribution in [-0.2, 0) is 0 Å². The van der Waals surface area contributed by atoms with E-state index in [2.05, 4.69) is 10.2 Å². The van der Waals surface area contributed by atoms with E-state index in [1.807, 2.05) is 6.92 Å². The summed E-state index contributed by atoms with van der Waals surface area (Å²) in [4.78, 5) is 0. The molecule has 0 aliphatic rings. The van der Waals surface area contributed by atoms with E-state index in [0.29, 0.717) is 16.4 Å². The summed E-state index contributed by atoms with van der Waals surface area (Å²) in [6.45, 7) is 1.90. The summed E-state index contributed by atoms with van der Waals surface area (Å²) in [7, 11) is 0. The second-order valence-electron chi connectivity index (χ2n) is 3.22. The molecule has 0 atom stereocenters. The number of benzene rings is 1. The molecule has 0 amide bonds. The molecule has 2 nitrogen and oxygen atoms in total. The van der Waals surface area contributed by atoms with Crippen molar-refractivity contribution in [2.45, 2.75) is 6.92 Å². The zero-order valence-electron chi connectivity index (χ0n) is 8.04. The minimum atomic E-state index is -0.308. The average molecular weight is 223 g/mol. The maximum absolute atomic E-state index is 13.5. The van der Waals surface area contributed by atoms with Gasteiger partial charge in [-0.15, -0.1) is 10.2 Å². The van der Waals surface area contributed by atoms with Crippen LogP contribution < -0.4 is 0 Å². The first-order valence-corrected chi connectivity index (χ1v) is 4.80. The first-order valence-electron chi connectivity index (χ1n) is 4.42. The predicted octanol–water partition coefficient (Wildman–Crippen LogP) is 3.24. The van der Waals surface area contributed by atoms with Crippen LogP contribution in [0.25, 0.3) is 11.3 Å². The monoisotopic (exact) mass is 222 g/mol. The highest BCUT2D eigenvalue weighted by Gasteiger charge is 2.06. The quantitative estimate of drug-likeness (QED) is 0.740. The fourth-order valence-electron chi connectivity index (χ4n) is 1.30. The predicted molar refractivity (Wildman–Crippen MR) is 57.2 cm³/mol. The summed E-state index contributed by atoms with van der Waals surface area (Å²) in [6.07, 6.45) is 0. The Bertz CT molecular complexity index is 482. The summed E-state index contributed by atoms with van der Waals surface area (Å²) in [6, 6.07) is 8.09. The normalized spacial score (nSPS) is 10.3. The molecule has 1 heterocycles. The van der Waals surface area contributed by atoms with Gasteiger partial charge in [-0.2, -0.15) is 0 Å². The molecule has 0 aliphatic heterocycles. The van der Waals surface area contributed by atoms with Crippen molar-refractivity contribution in [2.24, 2.45) is 0 Å². The number of nitrogens with zero attached hydrogens (tertiary/aromatic N) is 2. The van der Waals surface area contributed by atoms with Crippen molar-refractivity contribution in [1.82, 2.24) is 10.2 Å². The highest BCUT2D eigenvalue weighted by Crippen LogP contribution is 2.21. The van der Waals surface area contributed by atoms with Crippen LogP contribution in [0.4, 0.5) is 4.39 Å². The lowest BCUT2D eigenvalue weighted by molar-refractivity contribution is 0.630. The van der Waals surface area contributed by atoms with Crippen molar-refractivity contribution in [3.63, 3.8) is 0 Å². The van der Waals surface area contributed by atoms with Crippen molar-refractivity contribution in [3.05, 3.63) is 46.9 Å². The van der Waals surface area contributed by atoms with Gasteiger partial charge in [-0.25, -0.2) is 4.39 Å². The molecule has 2 aromatic rings. The number of rotatable bonds is 1. The van der Waals surface area contributed by atoms with Crippen molar-refractivity contribution in [2.75, 3.05) is 0 Å². The Hall–Kier alpha value is -1.48. The fraction of sp³-hybridized carbons (Fsp3) is 0.0909. The minimum absolute atomic E-state index is 0.298. The van der Waals surface area contributed by atoms with Crippen molar-refractivity contribution in [1.29, 1.82) is 0 Å². The molecule has 0 bridgehead atoms. The Labute approximate surface area is 91.7 Å². The molecule has 0 N–H and O–H groups in total. The average Bonchev–Trinajstić information content (AvgIpc) is 2.23. The Balaban J connectivity index is 2.53. The molecule has 0 saturated carbocycles. The smallest absolute Gasteiger partial charge is 0.151 e. The zero-order valence-corrected chi connectivity index (χ0v) is 8.79. The van der Waals surface area contributed by atoms with E-state index < -0.39 is 0 Å². The molecule has 0 radical (unpaired) electrons. The largest absolute Gasteiger partial charge is 0.206 e. The lowest BCUT2D eigenvalue weighted by Crippen LogP contribution is -1.91. The van der Waals surface area contributed by atoms with Crippen molar-refractivity contribution >= 4 is 11.6 Å². The standard InChI is InChI=1S/C11H8ClFN2/c1-7-2-3-9(13)8(6-7)10-4-5-11(12)15-14-10/h2-6H,1H3. The maximum Gasteiger partial charge on any atom is 0.151 e. The van der Waals surface area contributed by atoms with E-state index in [1.165, 1.54) is 6.07 Å². The molecule has 76 valence electrons.